The monoisotopic (exact) mass is 244 g/mol. The second-order valence-electron chi connectivity index (χ2n) is 3.62. The summed E-state index contributed by atoms with van der Waals surface area (Å²) in [6.07, 6.45) is 0. The van der Waals surface area contributed by atoms with Gasteiger partial charge in [0.25, 0.3) is 0 Å². The Hall–Kier alpha value is -0.980. The summed E-state index contributed by atoms with van der Waals surface area (Å²) >= 11 is -1.88. The molecule has 0 bridgehead atoms. The largest absolute Gasteiger partial charge is 0.369 e. The van der Waals surface area contributed by atoms with E-state index in [0.717, 1.165) is 5.69 Å². The lowest BCUT2D eigenvalue weighted by Gasteiger charge is -2.33. The Morgan fingerprint density at radius 1 is 1.12 bits per heavy atom. The number of anilines is 1. The number of rotatable bonds is 2. The minimum Gasteiger partial charge on any atom is -0.369 e. The van der Waals surface area contributed by atoms with Gasteiger partial charge in [0.1, 0.15) is 5.82 Å². The summed E-state index contributed by atoms with van der Waals surface area (Å²) in [6.45, 7) is 2.44. The first-order valence-electron chi connectivity index (χ1n) is 5.03. The summed E-state index contributed by atoms with van der Waals surface area (Å²) in [6, 6.07) is 6.29. The van der Waals surface area contributed by atoms with Crippen molar-refractivity contribution >= 4 is 17.0 Å². The van der Waals surface area contributed by atoms with E-state index in [1.807, 2.05) is 0 Å². The van der Waals surface area contributed by atoms with E-state index in [1.54, 1.807) is 12.1 Å². The van der Waals surface area contributed by atoms with Crippen LogP contribution in [0.3, 0.4) is 0 Å². The zero-order valence-corrected chi connectivity index (χ0v) is 9.49. The molecular formula is C10H13FN2O2S. The van der Waals surface area contributed by atoms with Crippen molar-refractivity contribution in [2.45, 2.75) is 0 Å². The van der Waals surface area contributed by atoms with Gasteiger partial charge in [-0.25, -0.2) is 8.60 Å². The van der Waals surface area contributed by atoms with Crippen LogP contribution in [0.2, 0.25) is 0 Å². The van der Waals surface area contributed by atoms with E-state index in [1.165, 1.54) is 16.4 Å². The van der Waals surface area contributed by atoms with Crippen molar-refractivity contribution in [2.75, 3.05) is 31.1 Å². The number of piperazine rings is 1. The summed E-state index contributed by atoms with van der Waals surface area (Å²) in [5.41, 5.74) is 0.949. The van der Waals surface area contributed by atoms with Crippen LogP contribution in [-0.4, -0.2) is 39.2 Å². The lowest BCUT2D eigenvalue weighted by atomic mass is 10.2. The van der Waals surface area contributed by atoms with E-state index >= 15 is 0 Å². The molecule has 1 aliphatic heterocycles. The molecule has 1 unspecified atom stereocenters. The molecule has 1 heterocycles. The molecule has 1 aliphatic rings. The van der Waals surface area contributed by atoms with Crippen molar-refractivity contribution in [3.8, 4) is 0 Å². The van der Waals surface area contributed by atoms with E-state index in [9.17, 15) is 8.60 Å². The Morgan fingerprint density at radius 3 is 2.19 bits per heavy atom. The van der Waals surface area contributed by atoms with Gasteiger partial charge in [-0.1, -0.05) is 0 Å². The summed E-state index contributed by atoms with van der Waals surface area (Å²) in [5, 5.41) is 0. The fourth-order valence-electron chi connectivity index (χ4n) is 1.75. The maximum Gasteiger partial charge on any atom is 0.234 e. The van der Waals surface area contributed by atoms with Gasteiger partial charge in [-0.15, -0.1) is 0 Å². The summed E-state index contributed by atoms with van der Waals surface area (Å²) < 4.78 is 33.9. The predicted octanol–water partition coefficient (Wildman–Crippen LogP) is 1.08. The fourth-order valence-corrected chi connectivity index (χ4v) is 2.23. The topological polar surface area (TPSA) is 43.8 Å². The molecule has 6 heteroatoms. The summed E-state index contributed by atoms with van der Waals surface area (Å²) in [4.78, 5) is 2.07. The van der Waals surface area contributed by atoms with E-state index in [2.05, 4.69) is 4.90 Å². The van der Waals surface area contributed by atoms with Crippen LogP contribution < -0.4 is 4.90 Å². The Morgan fingerprint density at radius 2 is 1.69 bits per heavy atom. The van der Waals surface area contributed by atoms with Gasteiger partial charge in [0.15, 0.2) is 0 Å². The highest BCUT2D eigenvalue weighted by Gasteiger charge is 2.20. The van der Waals surface area contributed by atoms with Crippen molar-refractivity contribution in [1.29, 1.82) is 0 Å². The van der Waals surface area contributed by atoms with E-state index in [-0.39, 0.29) is 5.82 Å². The normalized spacial score (nSPS) is 19.8. The third-order valence-electron chi connectivity index (χ3n) is 2.65. The van der Waals surface area contributed by atoms with Gasteiger partial charge in [0, 0.05) is 31.9 Å². The van der Waals surface area contributed by atoms with Crippen LogP contribution in [0.4, 0.5) is 10.1 Å². The molecule has 88 valence electrons. The predicted molar refractivity (Wildman–Crippen MR) is 61.0 cm³/mol. The molecule has 1 N–H and O–H groups in total. The molecule has 0 radical (unpaired) electrons. The molecule has 2 rings (SSSR count). The first-order chi connectivity index (χ1) is 7.66. The van der Waals surface area contributed by atoms with Crippen LogP contribution in [-0.2, 0) is 11.3 Å². The van der Waals surface area contributed by atoms with Crippen molar-refractivity contribution in [1.82, 2.24) is 4.31 Å². The van der Waals surface area contributed by atoms with Crippen molar-refractivity contribution in [3.05, 3.63) is 30.1 Å². The van der Waals surface area contributed by atoms with Gasteiger partial charge in [-0.2, -0.15) is 4.31 Å². The van der Waals surface area contributed by atoms with Crippen LogP contribution in [0.1, 0.15) is 0 Å². The number of hydrogen-bond donors (Lipinski definition) is 1. The van der Waals surface area contributed by atoms with Gasteiger partial charge in [0.2, 0.25) is 11.3 Å². The second-order valence-corrected chi connectivity index (χ2v) is 4.60. The van der Waals surface area contributed by atoms with Gasteiger partial charge in [-0.3, -0.25) is 4.55 Å². The quantitative estimate of drug-likeness (QED) is 0.792. The van der Waals surface area contributed by atoms with Crippen LogP contribution in [0.25, 0.3) is 0 Å². The second kappa shape index (κ2) is 4.90. The molecule has 0 amide bonds. The molecule has 4 nitrogen and oxygen atoms in total. The van der Waals surface area contributed by atoms with E-state index < -0.39 is 11.3 Å². The van der Waals surface area contributed by atoms with E-state index in [4.69, 9.17) is 4.55 Å². The minimum absolute atomic E-state index is 0.251. The molecule has 0 spiro atoms. The Balaban J connectivity index is 1.99. The number of nitrogens with zero attached hydrogens (tertiary/aromatic N) is 2. The molecule has 1 aromatic carbocycles. The highest BCUT2D eigenvalue weighted by atomic mass is 32.2. The van der Waals surface area contributed by atoms with Crippen LogP contribution >= 0.6 is 0 Å². The first kappa shape index (κ1) is 11.5. The first-order valence-corrected chi connectivity index (χ1v) is 6.09. The fraction of sp³-hybridized carbons (Fsp3) is 0.400. The Labute approximate surface area is 96.1 Å². The van der Waals surface area contributed by atoms with Crippen molar-refractivity contribution in [3.63, 3.8) is 0 Å². The number of benzene rings is 1. The molecule has 16 heavy (non-hydrogen) atoms. The zero-order chi connectivity index (χ0) is 11.5. The maximum absolute atomic E-state index is 12.7. The zero-order valence-electron chi connectivity index (χ0n) is 8.67. The van der Waals surface area contributed by atoms with Crippen LogP contribution in [0.5, 0.6) is 0 Å². The van der Waals surface area contributed by atoms with Gasteiger partial charge < -0.3 is 4.90 Å². The number of hydrogen-bond acceptors (Lipinski definition) is 2. The van der Waals surface area contributed by atoms with Crippen LogP contribution in [0.15, 0.2) is 24.3 Å². The van der Waals surface area contributed by atoms with Gasteiger partial charge in [-0.05, 0) is 24.3 Å². The smallest absolute Gasteiger partial charge is 0.234 e. The van der Waals surface area contributed by atoms with Crippen molar-refractivity contribution in [2.24, 2.45) is 0 Å². The highest BCUT2D eigenvalue weighted by Crippen LogP contribution is 2.16. The Kier molecular flexibility index (Phi) is 3.52. The SMILES string of the molecule is O=S(O)N1CCN(c2ccc(F)cc2)CC1. The lowest BCUT2D eigenvalue weighted by Crippen LogP contribution is -2.46. The standard InChI is InChI=1S/C10H13FN2O2S/c11-9-1-3-10(4-2-9)12-5-7-13(8-6-12)16(14)15/h1-4H,5-8H2,(H,14,15). The van der Waals surface area contributed by atoms with E-state index in [0.29, 0.717) is 26.2 Å². The minimum atomic E-state index is -1.88. The molecule has 0 saturated carbocycles. The summed E-state index contributed by atoms with van der Waals surface area (Å²) in [5.74, 6) is -0.251. The van der Waals surface area contributed by atoms with Crippen LogP contribution in [0, 0.1) is 5.82 Å². The van der Waals surface area contributed by atoms with Gasteiger partial charge >= 0.3 is 0 Å². The highest BCUT2D eigenvalue weighted by molar-refractivity contribution is 7.76. The number of halogens is 1. The van der Waals surface area contributed by atoms with Gasteiger partial charge in [0.05, 0.1) is 0 Å². The molecule has 0 aromatic heterocycles. The Bertz CT molecular complexity index is 377. The lowest BCUT2D eigenvalue weighted by molar-refractivity contribution is 0.373. The molecule has 1 atom stereocenters. The summed E-state index contributed by atoms with van der Waals surface area (Å²) in [7, 11) is 0. The molecular weight excluding hydrogens is 231 g/mol. The third kappa shape index (κ3) is 2.58. The molecule has 0 aliphatic carbocycles. The third-order valence-corrected chi connectivity index (χ3v) is 3.46. The average Bonchev–Trinajstić information content (AvgIpc) is 2.30. The van der Waals surface area contributed by atoms with Crippen molar-refractivity contribution < 1.29 is 13.2 Å². The average molecular weight is 244 g/mol. The molecule has 1 saturated heterocycles. The maximum atomic E-state index is 12.7. The molecule has 1 aromatic rings. The molecule has 1 fully saturated rings.